The first-order chi connectivity index (χ1) is 10.3. The molecule has 21 heavy (non-hydrogen) atoms. The fraction of sp³-hybridized carbons (Fsp3) is 0.611. The summed E-state index contributed by atoms with van der Waals surface area (Å²) >= 11 is 0. The molecule has 1 saturated carbocycles. The van der Waals surface area contributed by atoms with E-state index in [-0.39, 0.29) is 0 Å². The third kappa shape index (κ3) is 2.48. The van der Waals surface area contributed by atoms with Crippen LogP contribution >= 0.6 is 0 Å². The molecule has 3 heteroatoms. The van der Waals surface area contributed by atoms with Crippen LogP contribution < -0.4 is 0 Å². The number of nitrogens with one attached hydrogen (secondary N) is 1. The van der Waals surface area contributed by atoms with Crippen molar-refractivity contribution < 1.29 is 0 Å². The SMILES string of the molecule is N=C1CCCCN1C1C2CC1CN(Cc1ccccc1)C2. The lowest BCUT2D eigenvalue weighted by Crippen LogP contribution is -2.65. The number of hydrogen-bond acceptors (Lipinski definition) is 2. The molecular formula is C18H25N3. The maximum Gasteiger partial charge on any atom is 0.0960 e. The smallest absolute Gasteiger partial charge is 0.0960 e. The van der Waals surface area contributed by atoms with Gasteiger partial charge in [0.1, 0.15) is 0 Å². The van der Waals surface area contributed by atoms with Gasteiger partial charge in [0.25, 0.3) is 0 Å². The van der Waals surface area contributed by atoms with Crippen LogP contribution in [0.15, 0.2) is 30.3 Å². The molecule has 112 valence electrons. The van der Waals surface area contributed by atoms with Crippen molar-refractivity contribution in [1.29, 1.82) is 5.41 Å². The summed E-state index contributed by atoms with van der Waals surface area (Å²) in [7, 11) is 0. The van der Waals surface area contributed by atoms with Crippen molar-refractivity contribution in [3.05, 3.63) is 35.9 Å². The predicted molar refractivity (Wildman–Crippen MR) is 85.4 cm³/mol. The normalized spacial score (nSPS) is 32.9. The Morgan fingerprint density at radius 3 is 2.52 bits per heavy atom. The third-order valence-corrected chi connectivity index (χ3v) is 5.58. The van der Waals surface area contributed by atoms with E-state index in [1.165, 1.54) is 37.9 Å². The standard InChI is InChI=1S/C18H25N3/c19-17-8-4-5-9-21(17)18-15-10-16(18)13-20(12-15)11-14-6-2-1-3-7-14/h1-3,6-7,15-16,18-19H,4-5,8-13H2. The number of likely N-dealkylation sites (tertiary alicyclic amines) is 1. The van der Waals surface area contributed by atoms with Crippen LogP contribution in [-0.4, -0.2) is 41.3 Å². The molecule has 1 aromatic carbocycles. The first kappa shape index (κ1) is 13.3. The van der Waals surface area contributed by atoms with E-state index in [9.17, 15) is 0 Å². The van der Waals surface area contributed by atoms with E-state index < -0.39 is 0 Å². The molecule has 3 saturated heterocycles. The highest BCUT2D eigenvalue weighted by Gasteiger charge is 2.49. The zero-order chi connectivity index (χ0) is 14.2. The van der Waals surface area contributed by atoms with Crippen LogP contribution in [0, 0.1) is 17.2 Å². The highest BCUT2D eigenvalue weighted by Crippen LogP contribution is 2.44. The highest BCUT2D eigenvalue weighted by molar-refractivity contribution is 5.80. The van der Waals surface area contributed by atoms with Crippen molar-refractivity contribution in [2.75, 3.05) is 19.6 Å². The molecule has 3 nitrogen and oxygen atoms in total. The zero-order valence-corrected chi connectivity index (χ0v) is 12.7. The van der Waals surface area contributed by atoms with Crippen molar-refractivity contribution in [3.8, 4) is 0 Å². The van der Waals surface area contributed by atoms with Crippen molar-refractivity contribution in [2.24, 2.45) is 11.8 Å². The largest absolute Gasteiger partial charge is 0.357 e. The van der Waals surface area contributed by atoms with Gasteiger partial charge < -0.3 is 4.90 Å². The number of nitrogens with zero attached hydrogens (tertiary/aromatic N) is 2. The zero-order valence-electron chi connectivity index (χ0n) is 12.7. The minimum absolute atomic E-state index is 0.685. The lowest BCUT2D eigenvalue weighted by molar-refractivity contribution is -0.0580. The van der Waals surface area contributed by atoms with Crippen molar-refractivity contribution in [1.82, 2.24) is 9.80 Å². The fourth-order valence-electron chi connectivity index (χ4n) is 4.62. The fourth-order valence-corrected chi connectivity index (χ4v) is 4.62. The summed E-state index contributed by atoms with van der Waals surface area (Å²) in [6, 6.07) is 11.5. The summed E-state index contributed by atoms with van der Waals surface area (Å²) in [5, 5.41) is 8.23. The van der Waals surface area contributed by atoms with Crippen LogP contribution in [0.25, 0.3) is 0 Å². The van der Waals surface area contributed by atoms with Gasteiger partial charge in [0.05, 0.1) is 5.84 Å². The Bertz CT molecular complexity index is 500. The van der Waals surface area contributed by atoms with E-state index in [0.717, 1.165) is 37.2 Å². The topological polar surface area (TPSA) is 30.3 Å². The van der Waals surface area contributed by atoms with Crippen LogP contribution in [0.2, 0.25) is 0 Å². The van der Waals surface area contributed by atoms with E-state index in [2.05, 4.69) is 40.1 Å². The third-order valence-electron chi connectivity index (χ3n) is 5.58. The van der Waals surface area contributed by atoms with E-state index in [1.807, 2.05) is 0 Å². The van der Waals surface area contributed by atoms with Gasteiger partial charge in [-0.15, -0.1) is 0 Å². The van der Waals surface area contributed by atoms with Crippen LogP contribution in [0.3, 0.4) is 0 Å². The summed E-state index contributed by atoms with van der Waals surface area (Å²) in [5.41, 5.74) is 1.43. The van der Waals surface area contributed by atoms with Gasteiger partial charge in [-0.05, 0) is 36.7 Å². The molecule has 2 bridgehead atoms. The Morgan fingerprint density at radius 2 is 1.81 bits per heavy atom. The summed E-state index contributed by atoms with van der Waals surface area (Å²) in [5.74, 6) is 2.51. The molecule has 0 aromatic heterocycles. The van der Waals surface area contributed by atoms with Gasteiger partial charge >= 0.3 is 0 Å². The molecule has 1 aromatic rings. The number of amidine groups is 1. The monoisotopic (exact) mass is 283 g/mol. The second-order valence-electron chi connectivity index (χ2n) is 7.02. The molecule has 4 aliphatic rings. The van der Waals surface area contributed by atoms with Crippen LogP contribution in [0.4, 0.5) is 0 Å². The molecule has 0 radical (unpaired) electrons. The minimum atomic E-state index is 0.685. The molecule has 3 aliphatic heterocycles. The number of piperidine rings is 3. The second-order valence-corrected chi connectivity index (χ2v) is 7.02. The van der Waals surface area contributed by atoms with E-state index in [1.54, 1.807) is 0 Å². The summed E-state index contributed by atoms with van der Waals surface area (Å²) < 4.78 is 0. The predicted octanol–water partition coefficient (Wildman–Crippen LogP) is 2.97. The Hall–Kier alpha value is -1.35. The summed E-state index contributed by atoms with van der Waals surface area (Å²) in [4.78, 5) is 5.07. The van der Waals surface area contributed by atoms with Gasteiger partial charge in [0.2, 0.25) is 0 Å². The first-order valence-corrected chi connectivity index (χ1v) is 8.41. The van der Waals surface area contributed by atoms with Gasteiger partial charge in [-0.3, -0.25) is 10.3 Å². The van der Waals surface area contributed by atoms with Gasteiger partial charge in [-0.25, -0.2) is 0 Å². The van der Waals surface area contributed by atoms with Gasteiger partial charge in [0.15, 0.2) is 0 Å². The second kappa shape index (κ2) is 5.45. The Kier molecular flexibility index (Phi) is 3.46. The van der Waals surface area contributed by atoms with Crippen LogP contribution in [0.1, 0.15) is 31.2 Å². The average Bonchev–Trinajstić information content (AvgIpc) is 2.50. The molecule has 3 heterocycles. The van der Waals surface area contributed by atoms with E-state index >= 15 is 0 Å². The molecule has 2 atom stereocenters. The summed E-state index contributed by atoms with van der Waals surface area (Å²) in [6.45, 7) is 4.67. The molecule has 1 N–H and O–H groups in total. The maximum absolute atomic E-state index is 8.23. The maximum atomic E-state index is 8.23. The first-order valence-electron chi connectivity index (χ1n) is 8.41. The number of benzene rings is 1. The van der Waals surface area contributed by atoms with E-state index in [0.29, 0.717) is 6.04 Å². The lowest BCUT2D eigenvalue weighted by Gasteiger charge is -2.58. The lowest BCUT2D eigenvalue weighted by atomic mass is 9.65. The number of hydrogen-bond donors (Lipinski definition) is 1. The van der Waals surface area contributed by atoms with Crippen molar-refractivity contribution in [3.63, 3.8) is 0 Å². The summed E-state index contributed by atoms with van der Waals surface area (Å²) in [6.07, 6.45) is 4.90. The minimum Gasteiger partial charge on any atom is -0.357 e. The molecule has 0 amide bonds. The molecule has 4 fully saturated rings. The number of fused-ring (bicyclic) bond motifs is 2. The van der Waals surface area contributed by atoms with E-state index in [4.69, 9.17) is 5.41 Å². The Balaban J connectivity index is 1.38. The quantitative estimate of drug-likeness (QED) is 0.924. The van der Waals surface area contributed by atoms with Crippen molar-refractivity contribution in [2.45, 2.75) is 38.3 Å². The molecule has 1 aliphatic carbocycles. The van der Waals surface area contributed by atoms with Gasteiger partial charge in [-0.1, -0.05) is 30.3 Å². The highest BCUT2D eigenvalue weighted by atomic mass is 15.3. The van der Waals surface area contributed by atoms with Gasteiger partial charge in [-0.2, -0.15) is 0 Å². The van der Waals surface area contributed by atoms with Crippen molar-refractivity contribution >= 4 is 5.84 Å². The molecule has 2 unspecified atom stereocenters. The van der Waals surface area contributed by atoms with Crippen LogP contribution in [0.5, 0.6) is 0 Å². The number of rotatable bonds is 3. The Labute approximate surface area is 127 Å². The average molecular weight is 283 g/mol. The Morgan fingerprint density at radius 1 is 1.05 bits per heavy atom. The molecule has 5 rings (SSSR count). The molecule has 0 spiro atoms. The van der Waals surface area contributed by atoms with Crippen LogP contribution in [-0.2, 0) is 6.54 Å². The van der Waals surface area contributed by atoms with Gasteiger partial charge in [0, 0.05) is 38.6 Å². The molecular weight excluding hydrogens is 258 g/mol.